The average Bonchev–Trinajstić information content (AvgIpc) is 3.46. The summed E-state index contributed by atoms with van der Waals surface area (Å²) in [6.45, 7) is 0.0296. The summed E-state index contributed by atoms with van der Waals surface area (Å²) in [5.41, 5.74) is 0.601. The van der Waals surface area contributed by atoms with Gasteiger partial charge in [-0.25, -0.2) is 4.98 Å². The lowest BCUT2D eigenvalue weighted by Gasteiger charge is -2.33. The van der Waals surface area contributed by atoms with Crippen molar-refractivity contribution in [3.63, 3.8) is 0 Å². The van der Waals surface area contributed by atoms with Crippen LogP contribution < -0.4 is 19.5 Å². The molecule has 10 nitrogen and oxygen atoms in total. The second-order valence-corrected chi connectivity index (χ2v) is 8.81. The Morgan fingerprint density at radius 2 is 1.81 bits per heavy atom. The molecule has 1 atom stereocenters. The van der Waals surface area contributed by atoms with Crippen molar-refractivity contribution in [3.05, 3.63) is 66.1 Å². The molecule has 1 aliphatic carbocycles. The molecule has 2 aromatic heterocycles. The van der Waals surface area contributed by atoms with Crippen LogP contribution in [0.1, 0.15) is 60.0 Å². The molecule has 3 aromatic rings. The van der Waals surface area contributed by atoms with Crippen LogP contribution >= 0.6 is 0 Å². The minimum Gasteiger partial charge on any atom is -0.493 e. The molecule has 1 aromatic carbocycles. The maximum absolute atomic E-state index is 14.0. The number of hydrogen-bond acceptors (Lipinski definition) is 8. The van der Waals surface area contributed by atoms with E-state index in [0.29, 0.717) is 28.6 Å². The van der Waals surface area contributed by atoms with Gasteiger partial charge in [-0.1, -0.05) is 19.3 Å². The molecule has 0 bridgehead atoms. The molecule has 0 unspecified atom stereocenters. The zero-order valence-corrected chi connectivity index (χ0v) is 21.3. The van der Waals surface area contributed by atoms with Crippen LogP contribution in [0.2, 0.25) is 0 Å². The summed E-state index contributed by atoms with van der Waals surface area (Å²) in [5.74, 6) is 0.861. The molecule has 37 heavy (non-hydrogen) atoms. The Morgan fingerprint density at radius 1 is 1.08 bits per heavy atom. The van der Waals surface area contributed by atoms with Gasteiger partial charge in [-0.3, -0.25) is 14.6 Å². The molecule has 2 amide bonds. The number of furan rings is 1. The van der Waals surface area contributed by atoms with Gasteiger partial charge in [-0.05, 0) is 42.7 Å². The molecule has 10 heteroatoms. The Hall–Kier alpha value is -4.08. The van der Waals surface area contributed by atoms with Crippen molar-refractivity contribution in [2.75, 3.05) is 21.3 Å². The van der Waals surface area contributed by atoms with Crippen molar-refractivity contribution < 1.29 is 28.2 Å². The van der Waals surface area contributed by atoms with Crippen LogP contribution in [-0.2, 0) is 11.3 Å². The molecule has 2 heterocycles. The summed E-state index contributed by atoms with van der Waals surface area (Å²) < 4.78 is 22.1. The zero-order chi connectivity index (χ0) is 26.2. The summed E-state index contributed by atoms with van der Waals surface area (Å²) in [4.78, 5) is 37.5. The highest BCUT2D eigenvalue weighted by molar-refractivity contribution is 5.96. The van der Waals surface area contributed by atoms with Crippen LogP contribution in [0.5, 0.6) is 17.2 Å². The van der Waals surface area contributed by atoms with Crippen molar-refractivity contribution in [2.24, 2.45) is 0 Å². The smallest absolute Gasteiger partial charge is 0.275 e. The summed E-state index contributed by atoms with van der Waals surface area (Å²) >= 11 is 0. The molecule has 1 saturated carbocycles. The van der Waals surface area contributed by atoms with Crippen LogP contribution in [0.25, 0.3) is 0 Å². The van der Waals surface area contributed by atoms with Crippen molar-refractivity contribution in [1.82, 2.24) is 20.2 Å². The molecular weight excluding hydrogens is 476 g/mol. The van der Waals surface area contributed by atoms with E-state index >= 15 is 0 Å². The van der Waals surface area contributed by atoms with Crippen molar-refractivity contribution in [1.29, 1.82) is 0 Å². The fraction of sp³-hybridized carbons (Fsp3) is 0.407. The van der Waals surface area contributed by atoms with E-state index in [0.717, 1.165) is 32.1 Å². The largest absolute Gasteiger partial charge is 0.493 e. The molecule has 0 radical (unpaired) electrons. The number of nitrogens with zero attached hydrogens (tertiary/aromatic N) is 3. The number of aromatic nitrogens is 2. The van der Waals surface area contributed by atoms with Gasteiger partial charge in [0.2, 0.25) is 11.7 Å². The molecule has 196 valence electrons. The first-order valence-corrected chi connectivity index (χ1v) is 12.2. The van der Waals surface area contributed by atoms with Crippen LogP contribution in [0.4, 0.5) is 0 Å². The Labute approximate surface area is 215 Å². The van der Waals surface area contributed by atoms with E-state index in [1.807, 2.05) is 0 Å². The van der Waals surface area contributed by atoms with Gasteiger partial charge in [0.15, 0.2) is 11.5 Å². The number of carbonyl (C=O) groups is 2. The summed E-state index contributed by atoms with van der Waals surface area (Å²) in [7, 11) is 4.52. The average molecular weight is 509 g/mol. The lowest BCUT2D eigenvalue weighted by Crippen LogP contribution is -2.47. The van der Waals surface area contributed by atoms with E-state index in [4.69, 9.17) is 18.6 Å². The molecule has 0 aliphatic heterocycles. The molecule has 1 N–H and O–H groups in total. The third kappa shape index (κ3) is 6.02. The predicted molar refractivity (Wildman–Crippen MR) is 134 cm³/mol. The number of amides is 2. The van der Waals surface area contributed by atoms with E-state index < -0.39 is 11.9 Å². The number of ether oxygens (including phenoxy) is 3. The monoisotopic (exact) mass is 508 g/mol. The first-order valence-electron chi connectivity index (χ1n) is 12.2. The van der Waals surface area contributed by atoms with Gasteiger partial charge in [0.25, 0.3) is 5.91 Å². The molecular formula is C27H32N4O6. The second-order valence-electron chi connectivity index (χ2n) is 8.81. The summed E-state index contributed by atoms with van der Waals surface area (Å²) in [6, 6.07) is 5.84. The van der Waals surface area contributed by atoms with Gasteiger partial charge >= 0.3 is 0 Å². The van der Waals surface area contributed by atoms with Gasteiger partial charge in [-0.2, -0.15) is 0 Å². The second kappa shape index (κ2) is 12.2. The molecule has 0 spiro atoms. The predicted octanol–water partition coefficient (Wildman–Crippen LogP) is 3.93. The number of rotatable bonds is 10. The van der Waals surface area contributed by atoms with Crippen molar-refractivity contribution >= 4 is 11.8 Å². The summed E-state index contributed by atoms with van der Waals surface area (Å²) in [5, 5.41) is 3.18. The number of hydrogen-bond donors (Lipinski definition) is 1. The molecule has 1 aliphatic rings. The van der Waals surface area contributed by atoms with Crippen LogP contribution in [0.3, 0.4) is 0 Å². The summed E-state index contributed by atoms with van der Waals surface area (Å²) in [6.07, 6.45) is 10.9. The molecule has 0 saturated heterocycles. The normalized spacial score (nSPS) is 14.5. The van der Waals surface area contributed by atoms with Gasteiger partial charge < -0.3 is 28.8 Å². The van der Waals surface area contributed by atoms with Crippen molar-refractivity contribution in [2.45, 2.75) is 50.7 Å². The van der Waals surface area contributed by atoms with Crippen LogP contribution in [-0.4, -0.2) is 54.1 Å². The minimum atomic E-state index is -1.05. The SMILES string of the molecule is COc1cc([C@H](C(=O)NC2CCCCC2)N(Cc2ccco2)C(=O)c2cnccn2)cc(OC)c1OC. The Kier molecular flexibility index (Phi) is 8.60. The topological polar surface area (TPSA) is 116 Å². The maximum Gasteiger partial charge on any atom is 0.275 e. The van der Waals surface area contributed by atoms with Gasteiger partial charge in [0.05, 0.1) is 40.3 Å². The van der Waals surface area contributed by atoms with Gasteiger partial charge in [-0.15, -0.1) is 0 Å². The third-order valence-electron chi connectivity index (χ3n) is 6.46. The van der Waals surface area contributed by atoms with E-state index in [2.05, 4.69) is 15.3 Å². The zero-order valence-electron chi connectivity index (χ0n) is 21.3. The first kappa shape index (κ1) is 26.0. The number of methoxy groups -OCH3 is 3. The fourth-order valence-corrected chi connectivity index (χ4v) is 4.67. The fourth-order valence-electron chi connectivity index (χ4n) is 4.67. The Bertz CT molecular complexity index is 1150. The van der Waals surface area contributed by atoms with E-state index in [1.54, 1.807) is 24.3 Å². The number of carbonyl (C=O) groups excluding carboxylic acids is 2. The highest BCUT2D eigenvalue weighted by atomic mass is 16.5. The third-order valence-corrected chi connectivity index (χ3v) is 6.46. The van der Waals surface area contributed by atoms with E-state index in [9.17, 15) is 9.59 Å². The van der Waals surface area contributed by atoms with Gasteiger partial charge in [0.1, 0.15) is 17.5 Å². The quantitative estimate of drug-likeness (QED) is 0.438. The Morgan fingerprint density at radius 3 is 2.38 bits per heavy atom. The highest BCUT2D eigenvalue weighted by Gasteiger charge is 2.36. The van der Waals surface area contributed by atoms with Crippen molar-refractivity contribution in [3.8, 4) is 17.2 Å². The molecule has 1 fully saturated rings. The first-order chi connectivity index (χ1) is 18.0. The number of benzene rings is 1. The minimum absolute atomic E-state index is 0.0296. The Balaban J connectivity index is 1.83. The maximum atomic E-state index is 14.0. The molecule has 4 rings (SSSR count). The standard InChI is InChI=1S/C27H32N4O6/c1-34-22-14-18(15-23(35-2)25(22)36-3)24(26(32)30-19-8-5-4-6-9-19)31(17-20-10-7-13-37-20)27(33)21-16-28-11-12-29-21/h7,10-16,19,24H,4-6,8-9,17H2,1-3H3,(H,30,32)/t24-/m1/s1. The lowest BCUT2D eigenvalue weighted by atomic mass is 9.94. The van der Waals surface area contributed by atoms with Gasteiger partial charge in [0, 0.05) is 18.4 Å². The van der Waals surface area contributed by atoms with Crippen LogP contribution in [0.15, 0.2) is 53.5 Å². The van der Waals surface area contributed by atoms with Crippen LogP contribution in [0, 0.1) is 0 Å². The van der Waals surface area contributed by atoms with E-state index in [-0.39, 0.29) is 24.2 Å². The number of nitrogens with one attached hydrogen (secondary N) is 1. The van der Waals surface area contributed by atoms with E-state index in [1.165, 1.54) is 51.1 Å². The lowest BCUT2D eigenvalue weighted by molar-refractivity contribution is -0.127. The highest BCUT2D eigenvalue weighted by Crippen LogP contribution is 2.41.